The van der Waals surface area contributed by atoms with Crippen molar-refractivity contribution in [3.63, 3.8) is 0 Å². The molecular weight excluding hydrogens is 308 g/mol. The first-order chi connectivity index (χ1) is 9.93. The molecule has 0 aliphatic carbocycles. The van der Waals surface area contributed by atoms with Gasteiger partial charge in [0.05, 0.1) is 4.90 Å². The van der Waals surface area contributed by atoms with Crippen LogP contribution in [-0.2, 0) is 16.6 Å². The third kappa shape index (κ3) is 3.75. The lowest BCUT2D eigenvalue weighted by Crippen LogP contribution is -2.30. The topological polar surface area (TPSA) is 63.4 Å². The van der Waals surface area contributed by atoms with Gasteiger partial charge >= 0.3 is 0 Å². The van der Waals surface area contributed by atoms with Gasteiger partial charge in [-0.2, -0.15) is 4.31 Å². The Morgan fingerprint density at radius 1 is 1.14 bits per heavy atom. The first-order valence-electron chi connectivity index (χ1n) is 6.53. The van der Waals surface area contributed by atoms with E-state index in [0.29, 0.717) is 23.8 Å². The number of hydrogen-bond donors (Lipinski definition) is 1. The van der Waals surface area contributed by atoms with Crippen LogP contribution < -0.4 is 5.73 Å². The number of halogens is 1. The number of anilines is 1. The highest BCUT2D eigenvalue weighted by atomic mass is 35.5. The van der Waals surface area contributed by atoms with Gasteiger partial charge in [0, 0.05) is 23.8 Å². The summed E-state index contributed by atoms with van der Waals surface area (Å²) >= 11 is 5.88. The van der Waals surface area contributed by atoms with Gasteiger partial charge in [0.15, 0.2) is 0 Å². The van der Waals surface area contributed by atoms with Crippen molar-refractivity contribution in [3.8, 4) is 0 Å². The van der Waals surface area contributed by atoms with Crippen molar-refractivity contribution in [1.29, 1.82) is 0 Å². The molecule has 0 unspecified atom stereocenters. The van der Waals surface area contributed by atoms with Crippen LogP contribution in [0.15, 0.2) is 53.4 Å². The van der Waals surface area contributed by atoms with Crippen LogP contribution in [-0.4, -0.2) is 19.3 Å². The van der Waals surface area contributed by atoms with Crippen molar-refractivity contribution < 1.29 is 8.42 Å². The molecule has 6 heteroatoms. The molecule has 0 radical (unpaired) electrons. The fraction of sp³-hybridized carbons (Fsp3) is 0.200. The smallest absolute Gasteiger partial charge is 0.243 e. The van der Waals surface area contributed by atoms with Gasteiger partial charge in [-0.1, -0.05) is 36.7 Å². The average Bonchev–Trinajstić information content (AvgIpc) is 2.46. The molecule has 0 saturated carbocycles. The monoisotopic (exact) mass is 324 g/mol. The molecule has 0 atom stereocenters. The quantitative estimate of drug-likeness (QED) is 0.859. The summed E-state index contributed by atoms with van der Waals surface area (Å²) in [5.74, 6) is 0. The van der Waals surface area contributed by atoms with Crippen LogP contribution in [0.25, 0.3) is 0 Å². The zero-order chi connectivity index (χ0) is 15.5. The molecule has 0 aromatic heterocycles. The summed E-state index contributed by atoms with van der Waals surface area (Å²) in [6.07, 6.45) is 0. The molecule has 2 N–H and O–H groups in total. The van der Waals surface area contributed by atoms with E-state index in [1.165, 1.54) is 10.4 Å². The van der Waals surface area contributed by atoms with E-state index in [2.05, 4.69) is 0 Å². The molecule has 21 heavy (non-hydrogen) atoms. The van der Waals surface area contributed by atoms with Crippen molar-refractivity contribution in [2.45, 2.75) is 18.4 Å². The number of nitrogens with zero attached hydrogens (tertiary/aromatic N) is 1. The summed E-state index contributed by atoms with van der Waals surface area (Å²) in [7, 11) is -3.56. The number of nitrogens with two attached hydrogens (primary N) is 1. The molecule has 0 saturated heterocycles. The summed E-state index contributed by atoms with van der Waals surface area (Å²) in [4.78, 5) is 0.201. The molecule has 0 spiro atoms. The van der Waals surface area contributed by atoms with Crippen molar-refractivity contribution >= 4 is 27.3 Å². The van der Waals surface area contributed by atoms with E-state index in [-0.39, 0.29) is 4.90 Å². The second-order valence-electron chi connectivity index (χ2n) is 4.63. The van der Waals surface area contributed by atoms with Crippen LogP contribution in [0.4, 0.5) is 5.69 Å². The minimum Gasteiger partial charge on any atom is -0.399 e. The maximum Gasteiger partial charge on any atom is 0.243 e. The lowest BCUT2D eigenvalue weighted by atomic mass is 10.2. The van der Waals surface area contributed by atoms with Gasteiger partial charge in [-0.3, -0.25) is 0 Å². The number of rotatable bonds is 5. The standard InChI is InChI=1S/C15H17ClN2O2S/c1-2-18(11-12-6-8-14(17)9-7-12)21(19,20)15-5-3-4-13(16)10-15/h3-10H,2,11,17H2,1H3. The molecule has 112 valence electrons. The highest BCUT2D eigenvalue weighted by molar-refractivity contribution is 7.89. The van der Waals surface area contributed by atoms with Gasteiger partial charge < -0.3 is 5.73 Å². The van der Waals surface area contributed by atoms with Gasteiger partial charge in [0.25, 0.3) is 0 Å². The highest BCUT2D eigenvalue weighted by Crippen LogP contribution is 2.21. The largest absolute Gasteiger partial charge is 0.399 e. The summed E-state index contributed by atoms with van der Waals surface area (Å²) in [5, 5.41) is 0.402. The predicted molar refractivity (Wildman–Crippen MR) is 85.6 cm³/mol. The van der Waals surface area contributed by atoms with E-state index >= 15 is 0 Å². The van der Waals surface area contributed by atoms with E-state index < -0.39 is 10.0 Å². The van der Waals surface area contributed by atoms with E-state index in [1.54, 1.807) is 37.3 Å². The molecule has 2 aromatic rings. The molecule has 0 aliphatic heterocycles. The van der Waals surface area contributed by atoms with Crippen LogP contribution in [0.3, 0.4) is 0 Å². The molecule has 0 heterocycles. The molecule has 0 fully saturated rings. The fourth-order valence-corrected chi connectivity index (χ4v) is 3.71. The summed E-state index contributed by atoms with van der Waals surface area (Å²) in [6, 6.07) is 13.5. The van der Waals surface area contributed by atoms with Crippen LogP contribution in [0.1, 0.15) is 12.5 Å². The van der Waals surface area contributed by atoms with Crippen molar-refractivity contribution in [3.05, 3.63) is 59.1 Å². The Kier molecular flexibility index (Phi) is 4.88. The average molecular weight is 325 g/mol. The molecule has 0 aliphatic rings. The van der Waals surface area contributed by atoms with E-state index in [4.69, 9.17) is 17.3 Å². The zero-order valence-corrected chi connectivity index (χ0v) is 13.2. The summed E-state index contributed by atoms with van der Waals surface area (Å²) in [6.45, 7) is 2.48. The SMILES string of the molecule is CCN(Cc1ccc(N)cc1)S(=O)(=O)c1cccc(Cl)c1. The Labute approximate surface area is 130 Å². The van der Waals surface area contributed by atoms with Crippen molar-refractivity contribution in [1.82, 2.24) is 4.31 Å². The van der Waals surface area contributed by atoms with Crippen LogP contribution >= 0.6 is 11.6 Å². The third-order valence-electron chi connectivity index (χ3n) is 3.13. The number of benzene rings is 2. The Morgan fingerprint density at radius 3 is 2.38 bits per heavy atom. The summed E-state index contributed by atoms with van der Waals surface area (Å²) < 4.78 is 26.7. The Hall–Kier alpha value is -1.56. The number of hydrogen-bond acceptors (Lipinski definition) is 3. The van der Waals surface area contributed by atoms with Gasteiger partial charge in [-0.25, -0.2) is 8.42 Å². The molecule has 2 aromatic carbocycles. The van der Waals surface area contributed by atoms with E-state index in [0.717, 1.165) is 5.56 Å². The fourth-order valence-electron chi connectivity index (χ4n) is 1.97. The molecule has 0 amide bonds. The predicted octanol–water partition coefficient (Wildman–Crippen LogP) is 3.13. The lowest BCUT2D eigenvalue weighted by molar-refractivity contribution is 0.423. The van der Waals surface area contributed by atoms with Crippen LogP contribution in [0, 0.1) is 0 Å². The third-order valence-corrected chi connectivity index (χ3v) is 5.28. The lowest BCUT2D eigenvalue weighted by Gasteiger charge is -2.20. The minimum atomic E-state index is -3.56. The van der Waals surface area contributed by atoms with Crippen molar-refractivity contribution in [2.24, 2.45) is 0 Å². The first kappa shape index (κ1) is 15.8. The molecule has 4 nitrogen and oxygen atoms in total. The zero-order valence-electron chi connectivity index (χ0n) is 11.7. The number of nitrogen functional groups attached to an aromatic ring is 1. The highest BCUT2D eigenvalue weighted by Gasteiger charge is 2.23. The maximum atomic E-state index is 12.6. The first-order valence-corrected chi connectivity index (χ1v) is 8.35. The van der Waals surface area contributed by atoms with Gasteiger partial charge in [-0.15, -0.1) is 0 Å². The Bertz CT molecular complexity index is 715. The van der Waals surface area contributed by atoms with Gasteiger partial charge in [0.1, 0.15) is 0 Å². The van der Waals surface area contributed by atoms with Crippen molar-refractivity contribution in [2.75, 3.05) is 12.3 Å². The van der Waals surface area contributed by atoms with E-state index in [1.807, 2.05) is 12.1 Å². The summed E-state index contributed by atoms with van der Waals surface area (Å²) in [5.41, 5.74) is 7.18. The van der Waals surface area contributed by atoms with E-state index in [9.17, 15) is 8.42 Å². The normalized spacial score (nSPS) is 11.8. The molecule has 0 bridgehead atoms. The van der Waals surface area contributed by atoms with Gasteiger partial charge in [0.2, 0.25) is 10.0 Å². The Morgan fingerprint density at radius 2 is 1.81 bits per heavy atom. The minimum absolute atomic E-state index is 0.201. The maximum absolute atomic E-state index is 12.6. The van der Waals surface area contributed by atoms with Crippen LogP contribution in [0.5, 0.6) is 0 Å². The second kappa shape index (κ2) is 6.47. The van der Waals surface area contributed by atoms with Crippen LogP contribution in [0.2, 0.25) is 5.02 Å². The molecule has 2 rings (SSSR count). The molecular formula is C15H17ClN2O2S. The Balaban J connectivity index is 2.29. The van der Waals surface area contributed by atoms with Gasteiger partial charge in [-0.05, 0) is 35.9 Å². The second-order valence-corrected chi connectivity index (χ2v) is 7.00. The number of sulfonamides is 1.